The number of nitrogens with one attached hydrogen (secondary N) is 2. The van der Waals surface area contributed by atoms with Crippen LogP contribution in [0.5, 0.6) is 0 Å². The fourth-order valence-electron chi connectivity index (χ4n) is 2.04. The highest BCUT2D eigenvalue weighted by Crippen LogP contribution is 2.21. The van der Waals surface area contributed by atoms with Gasteiger partial charge in [0.05, 0.1) is 11.7 Å². The summed E-state index contributed by atoms with van der Waals surface area (Å²) >= 11 is 6.90. The molecule has 1 aromatic carbocycles. The maximum atomic E-state index is 12.0. The molecule has 0 unspecified atom stereocenters. The number of nitrogens with zero attached hydrogens (tertiary/aromatic N) is 3. The molecular formula is C16H11ClN5O3S-. The Morgan fingerprint density at radius 1 is 1.23 bits per heavy atom. The molecule has 1 amide bonds. The highest BCUT2D eigenvalue weighted by Gasteiger charge is 2.10. The van der Waals surface area contributed by atoms with E-state index < -0.39 is 5.97 Å². The zero-order valence-electron chi connectivity index (χ0n) is 13.1. The number of thioether (sulfide) groups is 1. The van der Waals surface area contributed by atoms with Crippen LogP contribution < -0.4 is 10.4 Å². The molecular weight excluding hydrogens is 378 g/mol. The molecule has 0 radical (unpaired) electrons. The lowest BCUT2D eigenvalue weighted by Crippen LogP contribution is -2.23. The van der Waals surface area contributed by atoms with Crippen molar-refractivity contribution in [3.63, 3.8) is 0 Å². The van der Waals surface area contributed by atoms with Crippen LogP contribution >= 0.6 is 23.4 Å². The first-order valence-electron chi connectivity index (χ1n) is 7.29. The Bertz CT molecular complexity index is 948. The predicted molar refractivity (Wildman–Crippen MR) is 94.7 cm³/mol. The van der Waals surface area contributed by atoms with Gasteiger partial charge in [0, 0.05) is 34.2 Å². The number of benzene rings is 1. The van der Waals surface area contributed by atoms with Gasteiger partial charge in [-0.05, 0) is 30.3 Å². The smallest absolute Gasteiger partial charge is 0.234 e. The van der Waals surface area contributed by atoms with Gasteiger partial charge in [0.25, 0.3) is 0 Å². The van der Waals surface area contributed by atoms with E-state index in [4.69, 9.17) is 11.6 Å². The minimum Gasteiger partial charge on any atom is -0.545 e. The minimum atomic E-state index is -1.41. The van der Waals surface area contributed by atoms with Crippen LogP contribution in [0.4, 0.5) is 5.69 Å². The van der Waals surface area contributed by atoms with Crippen LogP contribution in [0.1, 0.15) is 10.4 Å². The van der Waals surface area contributed by atoms with E-state index in [1.807, 2.05) is 0 Å². The molecule has 2 aromatic heterocycles. The van der Waals surface area contributed by atoms with E-state index in [1.54, 1.807) is 24.5 Å². The van der Waals surface area contributed by atoms with Crippen molar-refractivity contribution in [2.75, 3.05) is 11.1 Å². The monoisotopic (exact) mass is 388 g/mol. The molecule has 3 aromatic rings. The van der Waals surface area contributed by atoms with Crippen LogP contribution in [0.15, 0.2) is 47.9 Å². The number of rotatable bonds is 6. The van der Waals surface area contributed by atoms with Crippen molar-refractivity contribution in [1.29, 1.82) is 0 Å². The summed E-state index contributed by atoms with van der Waals surface area (Å²) < 4.78 is 0. The van der Waals surface area contributed by atoms with E-state index in [0.29, 0.717) is 16.7 Å². The van der Waals surface area contributed by atoms with Crippen LogP contribution in [0.2, 0.25) is 5.02 Å². The number of carbonyl (C=O) groups is 2. The second-order valence-corrected chi connectivity index (χ2v) is 6.37. The molecule has 0 saturated heterocycles. The summed E-state index contributed by atoms with van der Waals surface area (Å²) in [5.74, 6) is -1.12. The fourth-order valence-corrected chi connectivity index (χ4v) is 2.83. The first-order valence-corrected chi connectivity index (χ1v) is 8.65. The van der Waals surface area contributed by atoms with Crippen molar-refractivity contribution in [3.05, 3.63) is 53.3 Å². The van der Waals surface area contributed by atoms with Gasteiger partial charge in [-0.2, -0.15) is 0 Å². The van der Waals surface area contributed by atoms with Gasteiger partial charge in [0.15, 0.2) is 5.82 Å². The maximum absolute atomic E-state index is 12.0. The Hall–Kier alpha value is -2.91. The molecule has 26 heavy (non-hydrogen) atoms. The Morgan fingerprint density at radius 3 is 2.73 bits per heavy atom. The van der Waals surface area contributed by atoms with Crippen molar-refractivity contribution < 1.29 is 14.7 Å². The van der Waals surface area contributed by atoms with E-state index in [1.165, 1.54) is 18.2 Å². The normalized spacial score (nSPS) is 10.5. The zero-order chi connectivity index (χ0) is 18.5. The van der Waals surface area contributed by atoms with Crippen molar-refractivity contribution >= 4 is 40.9 Å². The number of amides is 1. The Balaban J connectivity index is 1.59. The summed E-state index contributed by atoms with van der Waals surface area (Å²) in [6, 6.07) is 7.71. The second kappa shape index (κ2) is 7.98. The molecule has 132 valence electrons. The van der Waals surface area contributed by atoms with Gasteiger partial charge in [-0.25, -0.2) is 4.98 Å². The Morgan fingerprint density at radius 2 is 2.00 bits per heavy atom. The second-order valence-electron chi connectivity index (χ2n) is 5.02. The number of aromatic carboxylic acids is 1. The number of aromatic amines is 1. The first kappa shape index (κ1) is 17.9. The summed E-state index contributed by atoms with van der Waals surface area (Å²) in [7, 11) is 0. The highest BCUT2D eigenvalue weighted by atomic mass is 35.5. The summed E-state index contributed by atoms with van der Waals surface area (Å²) in [4.78, 5) is 31.2. The van der Waals surface area contributed by atoms with Gasteiger partial charge in [-0.15, -0.1) is 5.10 Å². The molecule has 3 rings (SSSR count). The molecule has 10 heteroatoms. The number of aromatic nitrogens is 4. The lowest BCUT2D eigenvalue weighted by atomic mass is 10.2. The zero-order valence-corrected chi connectivity index (χ0v) is 14.7. The van der Waals surface area contributed by atoms with Crippen LogP contribution in [0.25, 0.3) is 11.4 Å². The molecule has 0 bridgehead atoms. The van der Waals surface area contributed by atoms with Gasteiger partial charge >= 0.3 is 0 Å². The topological polar surface area (TPSA) is 124 Å². The van der Waals surface area contributed by atoms with Crippen molar-refractivity contribution in [2.45, 2.75) is 5.16 Å². The number of halogens is 1. The quantitative estimate of drug-likeness (QED) is 0.615. The number of carboxylic acid groups (broad SMARTS) is 1. The van der Waals surface area contributed by atoms with Gasteiger partial charge in [0.1, 0.15) is 0 Å². The van der Waals surface area contributed by atoms with Crippen molar-refractivity contribution in [1.82, 2.24) is 20.2 Å². The van der Waals surface area contributed by atoms with Crippen LogP contribution in [0, 0.1) is 0 Å². The highest BCUT2D eigenvalue weighted by molar-refractivity contribution is 7.99. The lowest BCUT2D eigenvalue weighted by Gasteiger charge is -2.09. The van der Waals surface area contributed by atoms with Crippen LogP contribution in [-0.2, 0) is 4.79 Å². The van der Waals surface area contributed by atoms with E-state index in [-0.39, 0.29) is 22.2 Å². The molecule has 0 fully saturated rings. The first-order chi connectivity index (χ1) is 12.5. The van der Waals surface area contributed by atoms with Gasteiger partial charge in [0.2, 0.25) is 11.1 Å². The number of carbonyl (C=O) groups excluding carboxylic acids is 2. The Labute approximate surface area is 157 Å². The summed E-state index contributed by atoms with van der Waals surface area (Å²) in [5.41, 5.74) is 0.958. The molecule has 0 spiro atoms. The van der Waals surface area contributed by atoms with E-state index in [9.17, 15) is 14.7 Å². The van der Waals surface area contributed by atoms with Gasteiger partial charge in [-0.3, -0.25) is 14.9 Å². The van der Waals surface area contributed by atoms with Crippen molar-refractivity contribution in [2.24, 2.45) is 0 Å². The standard InChI is InChI=1S/C16H12ClN5O3S/c17-12-2-1-10(7-11(12)15(24)25)19-13(23)8-26-16-20-14(21-22-16)9-3-5-18-6-4-9/h1-7H,8H2,(H,19,23)(H,24,25)(H,20,21,22)/p-1. The number of pyridine rings is 1. The third kappa shape index (κ3) is 4.38. The van der Waals surface area contributed by atoms with Crippen LogP contribution in [0.3, 0.4) is 0 Å². The number of hydrogen-bond donors (Lipinski definition) is 2. The summed E-state index contributed by atoms with van der Waals surface area (Å²) in [6.07, 6.45) is 3.29. The minimum absolute atomic E-state index is 0.0433. The Kier molecular flexibility index (Phi) is 5.49. The number of H-pyrrole nitrogens is 1. The number of carboxylic acids is 1. The fraction of sp³-hybridized carbons (Fsp3) is 0.0625. The van der Waals surface area contributed by atoms with Gasteiger partial charge < -0.3 is 15.2 Å². The average Bonchev–Trinajstić information content (AvgIpc) is 3.11. The maximum Gasteiger partial charge on any atom is 0.234 e. The van der Waals surface area contributed by atoms with E-state index >= 15 is 0 Å². The molecule has 8 nitrogen and oxygen atoms in total. The molecule has 2 heterocycles. The van der Waals surface area contributed by atoms with E-state index in [2.05, 4.69) is 25.5 Å². The lowest BCUT2D eigenvalue weighted by molar-refractivity contribution is -0.255. The molecule has 2 N–H and O–H groups in total. The molecule has 0 atom stereocenters. The van der Waals surface area contributed by atoms with Gasteiger partial charge in [-0.1, -0.05) is 23.4 Å². The average molecular weight is 389 g/mol. The molecule has 0 aliphatic carbocycles. The molecule has 0 aliphatic heterocycles. The van der Waals surface area contributed by atoms with Crippen molar-refractivity contribution in [3.8, 4) is 11.4 Å². The largest absolute Gasteiger partial charge is 0.545 e. The number of hydrogen-bond acceptors (Lipinski definition) is 7. The van der Waals surface area contributed by atoms with Crippen LogP contribution in [-0.4, -0.2) is 37.8 Å². The third-order valence-corrected chi connectivity index (χ3v) is 4.40. The SMILES string of the molecule is O=C(CSc1n[nH]c(-c2ccncc2)n1)Nc1ccc(Cl)c(C(=O)[O-])c1. The summed E-state index contributed by atoms with van der Waals surface area (Å²) in [5, 5.41) is 20.8. The number of anilines is 1. The summed E-state index contributed by atoms with van der Waals surface area (Å²) in [6.45, 7) is 0. The molecule has 0 saturated carbocycles. The third-order valence-electron chi connectivity index (χ3n) is 3.22. The van der Waals surface area contributed by atoms with E-state index in [0.717, 1.165) is 17.3 Å². The predicted octanol–water partition coefficient (Wildman–Crippen LogP) is 1.61. The molecule has 0 aliphatic rings.